The quantitative estimate of drug-likeness (QED) is 0.113. The zero-order valence-corrected chi connectivity index (χ0v) is 57.8. The Morgan fingerprint density at radius 2 is 0.633 bits per heavy atom. The molecule has 2 heterocycles. The number of rotatable bonds is 12. The van der Waals surface area contributed by atoms with Crippen LogP contribution in [0.15, 0.2) is 291 Å². The van der Waals surface area contributed by atoms with Crippen molar-refractivity contribution >= 4 is 57.2 Å². The number of fused-ring (bicyclic) bond motifs is 4. The van der Waals surface area contributed by atoms with Gasteiger partial charge in [0.15, 0.2) is 0 Å². The van der Waals surface area contributed by atoms with Gasteiger partial charge in [0.1, 0.15) is 0 Å². The van der Waals surface area contributed by atoms with E-state index in [0.717, 1.165) is 22.7 Å². The average molecular weight is 1260 g/mol. The van der Waals surface area contributed by atoms with E-state index in [0.29, 0.717) is 0 Å². The second-order valence-corrected chi connectivity index (χ2v) is 27.6. The SMILES string of the molecule is Cc1cccc(C)c1-c1ccc(N(c2ccc(-c3c(C)cccc3C)cc2)c2ccc3c(c2)C(c2c(-c4ccccc4)cccc2-c2ccccc2)c2cc(-c4c(C)cccc4C)cc4c2B3c2ccc(-c3c(C)cccc3C)cc2N4c2cccc(-c3c(C)cccc3C)c2)cc1. The van der Waals surface area contributed by atoms with Gasteiger partial charge in [0.05, 0.1) is 0 Å². The Morgan fingerprint density at radius 1 is 0.265 bits per heavy atom. The molecule has 2 nitrogen and oxygen atoms in total. The van der Waals surface area contributed by atoms with E-state index in [4.69, 9.17) is 0 Å². The summed E-state index contributed by atoms with van der Waals surface area (Å²) >= 11 is 0. The van der Waals surface area contributed by atoms with Gasteiger partial charge < -0.3 is 9.80 Å². The van der Waals surface area contributed by atoms with E-state index in [-0.39, 0.29) is 12.6 Å². The fourth-order valence-corrected chi connectivity index (χ4v) is 17.0. The first-order valence-electron chi connectivity index (χ1n) is 34.7. The molecule has 1 atom stereocenters. The van der Waals surface area contributed by atoms with Crippen LogP contribution in [0, 0.1) is 69.2 Å². The largest absolute Gasteiger partial charge is 0.311 e. The van der Waals surface area contributed by atoms with Gasteiger partial charge in [-0.25, -0.2) is 0 Å². The Balaban J connectivity index is 1.03. The van der Waals surface area contributed by atoms with Crippen LogP contribution < -0.4 is 26.2 Å². The van der Waals surface area contributed by atoms with Gasteiger partial charge in [-0.3, -0.25) is 0 Å². The monoisotopic (exact) mass is 1260 g/mol. The molecular formula is C95H79BN2. The first kappa shape index (κ1) is 61.6. The number of hydrogen-bond donors (Lipinski definition) is 0. The highest BCUT2D eigenvalue weighted by molar-refractivity contribution is 6.99. The molecule has 0 aliphatic carbocycles. The summed E-state index contributed by atoms with van der Waals surface area (Å²) in [6, 6.07) is 111. The van der Waals surface area contributed by atoms with E-state index in [9.17, 15) is 0 Å². The van der Waals surface area contributed by atoms with Crippen LogP contribution in [-0.2, 0) is 0 Å². The first-order chi connectivity index (χ1) is 47.8. The lowest BCUT2D eigenvalue weighted by Gasteiger charge is -2.44. The van der Waals surface area contributed by atoms with Gasteiger partial charge in [-0.1, -0.05) is 236 Å². The lowest BCUT2D eigenvalue weighted by atomic mass is 9.31. The molecule has 14 aromatic rings. The highest BCUT2D eigenvalue weighted by atomic mass is 15.2. The van der Waals surface area contributed by atoms with Gasteiger partial charge in [-0.2, -0.15) is 0 Å². The third kappa shape index (κ3) is 10.6. The van der Waals surface area contributed by atoms with Crippen molar-refractivity contribution in [3.63, 3.8) is 0 Å². The molecule has 1 unspecified atom stereocenters. The van der Waals surface area contributed by atoms with Gasteiger partial charge in [-0.05, 0) is 291 Å². The van der Waals surface area contributed by atoms with Crippen molar-refractivity contribution in [1.29, 1.82) is 0 Å². The summed E-state index contributed by atoms with van der Waals surface area (Å²) in [5, 5.41) is 0. The molecule has 0 N–H and O–H groups in total. The van der Waals surface area contributed by atoms with Gasteiger partial charge in [0, 0.05) is 40.0 Å². The number of anilines is 6. The molecule has 0 saturated heterocycles. The molecule has 2 aliphatic rings. The first-order valence-corrected chi connectivity index (χ1v) is 34.7. The molecule has 0 aromatic heterocycles. The van der Waals surface area contributed by atoms with Crippen molar-refractivity contribution in [2.24, 2.45) is 0 Å². The summed E-state index contributed by atoms with van der Waals surface area (Å²) in [4.78, 5) is 5.16. The third-order valence-corrected chi connectivity index (χ3v) is 21.3. The average Bonchev–Trinajstić information content (AvgIpc) is 0.689. The molecule has 2 aliphatic heterocycles. The molecule has 0 bridgehead atoms. The summed E-state index contributed by atoms with van der Waals surface area (Å²) in [5.41, 5.74) is 44.4. The number of hydrogen-bond acceptors (Lipinski definition) is 2. The fraction of sp³-hybridized carbons (Fsp3) is 0.116. The lowest BCUT2D eigenvalue weighted by Crippen LogP contribution is -2.62. The zero-order valence-electron chi connectivity index (χ0n) is 57.8. The number of nitrogens with zero attached hydrogens (tertiary/aromatic N) is 2. The minimum atomic E-state index is -0.274. The maximum atomic E-state index is 2.65. The van der Waals surface area contributed by atoms with E-state index >= 15 is 0 Å². The summed E-state index contributed by atoms with van der Waals surface area (Å²) in [5.74, 6) is -0.274. The van der Waals surface area contributed by atoms with Crippen LogP contribution in [0.2, 0.25) is 0 Å². The Hall–Kier alpha value is -11.3. The molecule has 472 valence electrons. The van der Waals surface area contributed by atoms with E-state index in [1.807, 2.05) is 0 Å². The van der Waals surface area contributed by atoms with E-state index < -0.39 is 0 Å². The summed E-state index contributed by atoms with van der Waals surface area (Å²) in [6.45, 7) is 22.4. The smallest absolute Gasteiger partial charge is 0.247 e. The van der Waals surface area contributed by atoms with Gasteiger partial charge >= 0.3 is 0 Å². The minimum absolute atomic E-state index is 0.154. The predicted octanol–water partition coefficient (Wildman–Crippen LogP) is 23.7. The normalized spacial score (nSPS) is 12.9. The molecule has 16 rings (SSSR count). The minimum Gasteiger partial charge on any atom is -0.311 e. The Kier molecular flexibility index (Phi) is 15.8. The number of benzene rings is 14. The van der Waals surface area contributed by atoms with Crippen LogP contribution in [0.4, 0.5) is 34.1 Å². The predicted molar refractivity (Wildman–Crippen MR) is 420 cm³/mol. The van der Waals surface area contributed by atoms with Crippen molar-refractivity contribution in [3.05, 3.63) is 364 Å². The van der Waals surface area contributed by atoms with E-state index in [2.05, 4.69) is 370 Å². The zero-order chi connectivity index (χ0) is 67.0. The summed E-state index contributed by atoms with van der Waals surface area (Å²) in [7, 11) is 0. The van der Waals surface area contributed by atoms with Crippen LogP contribution in [0.25, 0.3) is 77.9 Å². The van der Waals surface area contributed by atoms with Crippen LogP contribution in [0.5, 0.6) is 0 Å². The molecule has 3 heteroatoms. The van der Waals surface area contributed by atoms with E-state index in [1.165, 1.54) is 178 Å². The van der Waals surface area contributed by atoms with Crippen molar-refractivity contribution in [3.8, 4) is 77.9 Å². The Bertz CT molecular complexity index is 5190. The molecule has 0 fully saturated rings. The lowest BCUT2D eigenvalue weighted by molar-refractivity contribution is 0.987. The van der Waals surface area contributed by atoms with Crippen molar-refractivity contribution < 1.29 is 0 Å². The Labute approximate surface area is 580 Å². The molecular weight excluding hydrogens is 1180 g/mol. The van der Waals surface area contributed by atoms with Crippen molar-refractivity contribution in [2.45, 2.75) is 75.2 Å². The second-order valence-electron chi connectivity index (χ2n) is 27.6. The summed E-state index contributed by atoms with van der Waals surface area (Å²) in [6.07, 6.45) is 0. The number of aryl methyl sites for hydroxylation is 10. The highest BCUT2D eigenvalue weighted by Gasteiger charge is 2.46. The summed E-state index contributed by atoms with van der Waals surface area (Å²) < 4.78 is 0. The molecule has 98 heavy (non-hydrogen) atoms. The molecule has 0 amide bonds. The van der Waals surface area contributed by atoms with Gasteiger partial charge in [-0.15, -0.1) is 0 Å². The second kappa shape index (κ2) is 25.1. The molecule has 0 spiro atoms. The maximum absolute atomic E-state index is 2.65. The van der Waals surface area contributed by atoms with E-state index in [1.54, 1.807) is 0 Å². The van der Waals surface area contributed by atoms with Crippen LogP contribution in [0.3, 0.4) is 0 Å². The maximum Gasteiger partial charge on any atom is 0.247 e. The van der Waals surface area contributed by atoms with Crippen LogP contribution >= 0.6 is 0 Å². The third-order valence-electron chi connectivity index (χ3n) is 21.3. The van der Waals surface area contributed by atoms with Crippen LogP contribution in [-0.4, -0.2) is 6.71 Å². The van der Waals surface area contributed by atoms with Crippen molar-refractivity contribution in [2.75, 3.05) is 9.80 Å². The van der Waals surface area contributed by atoms with Crippen LogP contribution in [0.1, 0.15) is 78.2 Å². The molecule has 14 aromatic carbocycles. The standard InChI is InChI=1S/C95H79BN2/c1-59-24-17-25-60(2)88(59)71-42-47-76(48-43-71)97(77-49-44-72(45-50-77)89-61(3)26-18-27-62(89)4)79-51-53-84-82(58-79)94(93-80(69-34-13-11-14-35-69)40-23-41-81(93)70-36-15-12-16-37-70)83-55-75(92-67(9)32-21-33-68(92)10)57-87-95(83)96(84)85-52-46-74(91-65(7)30-20-31-66(91)8)56-86(85)98(87)78-39-22-38-73(54-78)90-63(5)28-19-29-64(90)6/h11-58,94H,1-10H3. The fourth-order valence-electron chi connectivity index (χ4n) is 17.0. The molecule has 0 saturated carbocycles. The Morgan fingerprint density at radius 3 is 1.10 bits per heavy atom. The van der Waals surface area contributed by atoms with Crippen molar-refractivity contribution in [1.82, 2.24) is 0 Å². The van der Waals surface area contributed by atoms with Gasteiger partial charge in [0.25, 0.3) is 0 Å². The molecule has 0 radical (unpaired) electrons. The topological polar surface area (TPSA) is 6.48 Å². The highest BCUT2D eigenvalue weighted by Crippen LogP contribution is 2.52. The van der Waals surface area contributed by atoms with Gasteiger partial charge in [0.2, 0.25) is 6.71 Å².